The molecule has 0 radical (unpaired) electrons. The molecule has 27 heavy (non-hydrogen) atoms. The maximum atomic E-state index is 11.3. The summed E-state index contributed by atoms with van der Waals surface area (Å²) >= 11 is 6.09. The Balaban J connectivity index is 2.04. The fourth-order valence-electron chi connectivity index (χ4n) is 3.76. The van der Waals surface area contributed by atoms with Gasteiger partial charge in [-0.1, -0.05) is 29.8 Å². The maximum absolute atomic E-state index is 11.3. The molecule has 6 heteroatoms. The van der Waals surface area contributed by atoms with Gasteiger partial charge in [-0.2, -0.15) is 0 Å². The van der Waals surface area contributed by atoms with Crippen LogP contribution in [0.5, 0.6) is 11.5 Å². The van der Waals surface area contributed by atoms with E-state index in [1.54, 1.807) is 14.2 Å². The van der Waals surface area contributed by atoms with E-state index in [-0.39, 0.29) is 12.0 Å². The Morgan fingerprint density at radius 3 is 2.11 bits per heavy atom. The first-order chi connectivity index (χ1) is 13.0. The zero-order chi connectivity index (χ0) is 19.4. The van der Waals surface area contributed by atoms with Crippen molar-refractivity contribution >= 4 is 17.6 Å². The lowest BCUT2D eigenvalue weighted by atomic mass is 9.90. The molecule has 1 aliphatic rings. The van der Waals surface area contributed by atoms with Crippen molar-refractivity contribution in [2.24, 2.45) is 5.92 Å². The molecule has 0 aliphatic carbocycles. The fourth-order valence-corrected chi connectivity index (χ4v) is 3.89. The van der Waals surface area contributed by atoms with Gasteiger partial charge >= 0.3 is 5.97 Å². The number of likely N-dealkylation sites (tertiary alicyclic amines) is 1. The van der Waals surface area contributed by atoms with Crippen molar-refractivity contribution in [2.45, 2.75) is 18.9 Å². The number of rotatable bonds is 6. The van der Waals surface area contributed by atoms with Crippen molar-refractivity contribution in [3.8, 4) is 11.5 Å². The van der Waals surface area contributed by atoms with Crippen LogP contribution in [0.1, 0.15) is 30.0 Å². The number of hydrogen-bond donors (Lipinski definition) is 1. The van der Waals surface area contributed by atoms with Gasteiger partial charge in [0.2, 0.25) is 0 Å². The van der Waals surface area contributed by atoms with Crippen molar-refractivity contribution in [1.82, 2.24) is 4.90 Å². The predicted molar refractivity (Wildman–Crippen MR) is 105 cm³/mol. The second kappa shape index (κ2) is 8.63. The molecule has 5 nitrogen and oxygen atoms in total. The van der Waals surface area contributed by atoms with Crippen molar-refractivity contribution in [2.75, 3.05) is 27.3 Å². The summed E-state index contributed by atoms with van der Waals surface area (Å²) in [6.07, 6.45) is 1.24. The quantitative estimate of drug-likeness (QED) is 0.800. The van der Waals surface area contributed by atoms with Gasteiger partial charge in [0.25, 0.3) is 0 Å². The van der Waals surface area contributed by atoms with Crippen LogP contribution in [0.2, 0.25) is 5.02 Å². The summed E-state index contributed by atoms with van der Waals surface area (Å²) in [5.74, 6) is 0.489. The molecule has 0 saturated carbocycles. The molecule has 1 fully saturated rings. The van der Waals surface area contributed by atoms with E-state index in [4.69, 9.17) is 21.1 Å². The summed E-state index contributed by atoms with van der Waals surface area (Å²) in [6.45, 7) is 1.37. The van der Waals surface area contributed by atoms with Gasteiger partial charge in [-0.05, 0) is 55.8 Å². The Morgan fingerprint density at radius 2 is 1.63 bits per heavy atom. The SMILES string of the molecule is COc1cccc(OC)c1C(c1ccc(Cl)cc1)N1CCC(C(=O)O)CC1. The first kappa shape index (κ1) is 19.5. The van der Waals surface area contributed by atoms with Crippen LogP contribution < -0.4 is 9.47 Å². The van der Waals surface area contributed by atoms with E-state index < -0.39 is 5.97 Å². The number of nitrogens with zero attached hydrogens (tertiary/aromatic N) is 1. The molecule has 144 valence electrons. The highest BCUT2D eigenvalue weighted by atomic mass is 35.5. The predicted octanol–water partition coefficient (Wildman–Crippen LogP) is 4.24. The molecule has 0 aromatic heterocycles. The van der Waals surface area contributed by atoms with Crippen LogP contribution in [0.15, 0.2) is 42.5 Å². The minimum Gasteiger partial charge on any atom is -0.496 e. The topological polar surface area (TPSA) is 59.0 Å². The van der Waals surface area contributed by atoms with Gasteiger partial charge in [0.1, 0.15) is 11.5 Å². The molecule has 0 spiro atoms. The van der Waals surface area contributed by atoms with Crippen LogP contribution >= 0.6 is 11.6 Å². The summed E-state index contributed by atoms with van der Waals surface area (Å²) in [5.41, 5.74) is 2.01. The highest BCUT2D eigenvalue weighted by Gasteiger charge is 2.33. The van der Waals surface area contributed by atoms with Crippen LogP contribution in [0.3, 0.4) is 0 Å². The minimum atomic E-state index is -0.715. The lowest BCUT2D eigenvalue weighted by molar-refractivity contribution is -0.143. The Morgan fingerprint density at radius 1 is 1.07 bits per heavy atom. The molecule has 0 amide bonds. The van der Waals surface area contributed by atoms with Crippen molar-refractivity contribution < 1.29 is 19.4 Å². The van der Waals surface area contributed by atoms with Gasteiger partial charge in [-0.25, -0.2) is 0 Å². The van der Waals surface area contributed by atoms with Crippen LogP contribution in [0.4, 0.5) is 0 Å². The molecule has 2 aromatic carbocycles. The molecular formula is C21H24ClNO4. The van der Waals surface area contributed by atoms with Crippen LogP contribution in [-0.4, -0.2) is 43.3 Å². The fraction of sp³-hybridized carbons (Fsp3) is 0.381. The van der Waals surface area contributed by atoms with Crippen molar-refractivity contribution in [1.29, 1.82) is 0 Å². The number of methoxy groups -OCH3 is 2. The number of aliphatic carboxylic acids is 1. The molecular weight excluding hydrogens is 366 g/mol. The maximum Gasteiger partial charge on any atom is 0.306 e. The first-order valence-electron chi connectivity index (χ1n) is 8.98. The normalized spacial score (nSPS) is 16.7. The molecule has 2 aromatic rings. The van der Waals surface area contributed by atoms with E-state index in [0.717, 1.165) is 22.6 Å². The molecule has 3 rings (SSSR count). The second-order valence-corrected chi connectivity index (χ2v) is 7.12. The van der Waals surface area contributed by atoms with E-state index in [0.29, 0.717) is 31.0 Å². The van der Waals surface area contributed by atoms with E-state index in [1.165, 1.54) is 0 Å². The Labute approximate surface area is 164 Å². The number of carboxylic acids is 1. The van der Waals surface area contributed by atoms with E-state index in [1.807, 2.05) is 42.5 Å². The summed E-state index contributed by atoms with van der Waals surface area (Å²) in [7, 11) is 3.29. The van der Waals surface area contributed by atoms with Gasteiger partial charge in [0.05, 0.1) is 31.7 Å². The molecule has 1 heterocycles. The van der Waals surface area contributed by atoms with Crippen molar-refractivity contribution in [3.05, 3.63) is 58.6 Å². The zero-order valence-corrected chi connectivity index (χ0v) is 16.3. The highest BCUT2D eigenvalue weighted by molar-refractivity contribution is 6.30. The number of benzene rings is 2. The number of piperidine rings is 1. The lowest BCUT2D eigenvalue weighted by Gasteiger charge is -2.38. The van der Waals surface area contributed by atoms with Gasteiger partial charge in [0, 0.05) is 5.02 Å². The third-order valence-corrected chi connectivity index (χ3v) is 5.42. The molecule has 1 aliphatic heterocycles. The summed E-state index contributed by atoms with van der Waals surface area (Å²) in [5, 5.41) is 9.99. The van der Waals surface area contributed by atoms with Gasteiger partial charge in [0.15, 0.2) is 0 Å². The van der Waals surface area contributed by atoms with Crippen LogP contribution in [-0.2, 0) is 4.79 Å². The van der Waals surface area contributed by atoms with Gasteiger partial charge in [-0.3, -0.25) is 9.69 Å². The van der Waals surface area contributed by atoms with Gasteiger partial charge in [-0.15, -0.1) is 0 Å². The smallest absolute Gasteiger partial charge is 0.306 e. The van der Waals surface area contributed by atoms with Crippen LogP contribution in [0, 0.1) is 5.92 Å². The largest absolute Gasteiger partial charge is 0.496 e. The third-order valence-electron chi connectivity index (χ3n) is 5.17. The molecule has 1 saturated heterocycles. The second-order valence-electron chi connectivity index (χ2n) is 6.68. The average Bonchev–Trinajstić information content (AvgIpc) is 2.70. The van der Waals surface area contributed by atoms with Crippen molar-refractivity contribution in [3.63, 3.8) is 0 Å². The molecule has 1 N–H and O–H groups in total. The Hall–Kier alpha value is -2.24. The standard InChI is InChI=1S/C21H24ClNO4/c1-26-17-4-3-5-18(27-2)19(17)20(14-6-8-16(22)9-7-14)23-12-10-15(11-13-23)21(24)25/h3-9,15,20H,10-13H2,1-2H3,(H,24,25). The summed E-state index contributed by atoms with van der Waals surface area (Å²) in [6, 6.07) is 13.4. The molecule has 1 unspecified atom stereocenters. The number of ether oxygens (including phenoxy) is 2. The number of halogens is 1. The van der Waals surface area contributed by atoms with E-state index >= 15 is 0 Å². The average molecular weight is 390 g/mol. The number of carbonyl (C=O) groups is 1. The van der Waals surface area contributed by atoms with Crippen LogP contribution in [0.25, 0.3) is 0 Å². The van der Waals surface area contributed by atoms with E-state index in [2.05, 4.69) is 4.90 Å². The highest BCUT2D eigenvalue weighted by Crippen LogP contribution is 2.42. The Kier molecular flexibility index (Phi) is 6.24. The zero-order valence-electron chi connectivity index (χ0n) is 15.5. The number of hydrogen-bond acceptors (Lipinski definition) is 4. The number of carboxylic acid groups (broad SMARTS) is 1. The summed E-state index contributed by atoms with van der Waals surface area (Å²) in [4.78, 5) is 13.6. The minimum absolute atomic E-state index is 0.108. The van der Waals surface area contributed by atoms with E-state index in [9.17, 15) is 9.90 Å². The van der Waals surface area contributed by atoms with Gasteiger partial charge < -0.3 is 14.6 Å². The Bertz CT molecular complexity index is 763. The lowest BCUT2D eigenvalue weighted by Crippen LogP contribution is -2.39. The first-order valence-corrected chi connectivity index (χ1v) is 9.36. The summed E-state index contributed by atoms with van der Waals surface area (Å²) < 4.78 is 11.3. The molecule has 0 bridgehead atoms. The molecule has 1 atom stereocenters. The third kappa shape index (κ3) is 4.20. The monoisotopic (exact) mass is 389 g/mol.